The van der Waals surface area contributed by atoms with Crippen molar-refractivity contribution in [3.05, 3.63) is 34.9 Å². The minimum Gasteiger partial charge on any atom is -0.299 e. The average Bonchev–Trinajstić information content (AvgIpc) is 2.32. The Balaban J connectivity index is 3.40. The molecule has 0 atom stereocenters. The van der Waals surface area contributed by atoms with E-state index in [4.69, 9.17) is 6.85 Å². The first kappa shape index (κ1) is 7.26. The van der Waals surface area contributed by atoms with E-state index in [0.717, 1.165) is 30.4 Å². The van der Waals surface area contributed by atoms with E-state index >= 15 is 0 Å². The molecule has 0 bridgehead atoms. The van der Waals surface area contributed by atoms with Gasteiger partial charge in [-0.2, -0.15) is 0 Å². The van der Waals surface area contributed by atoms with Gasteiger partial charge in [-0.15, -0.1) is 0 Å². The molecule has 1 aliphatic rings. The number of hydrogen-bond acceptors (Lipinski definition) is 1. The summed E-state index contributed by atoms with van der Waals surface area (Å²) in [6, 6.07) is -0.917. The Morgan fingerprint density at radius 2 is 2.31 bits per heavy atom. The number of rotatable bonds is 3. The molecule has 16 heavy (non-hydrogen) atoms. The molecule has 1 rings (SSSR count). The van der Waals surface area contributed by atoms with Gasteiger partial charge in [0.2, 0.25) is 0 Å². The Morgan fingerprint density at radius 1 is 1.56 bits per heavy atom. The van der Waals surface area contributed by atoms with Gasteiger partial charge in [-0.05, 0) is 55.7 Å². The van der Waals surface area contributed by atoms with Crippen LogP contribution in [-0.4, -0.2) is 6.29 Å². The first-order valence-corrected chi connectivity index (χ1v) is 5.56. The van der Waals surface area contributed by atoms with E-state index in [-0.39, 0.29) is 17.8 Å². The Morgan fingerprint density at radius 3 is 2.88 bits per heavy atom. The predicted octanol–water partition coefficient (Wildman–Crippen LogP) is 4.21. The second-order valence-corrected chi connectivity index (χ2v) is 4.86. The smallest absolute Gasteiger partial charge is 0.143 e. The van der Waals surface area contributed by atoms with E-state index < -0.39 is 18.5 Å². The fourth-order valence-electron chi connectivity index (χ4n) is 2.21. The fraction of sp³-hybridized carbons (Fsp3) is 0.533. The molecule has 0 heterocycles. The third-order valence-electron chi connectivity index (χ3n) is 3.11. The van der Waals surface area contributed by atoms with Gasteiger partial charge < -0.3 is 0 Å². The van der Waals surface area contributed by atoms with Gasteiger partial charge in [0.1, 0.15) is 6.29 Å². The van der Waals surface area contributed by atoms with Crippen LogP contribution in [0.5, 0.6) is 0 Å². The molecule has 88 valence electrons. The van der Waals surface area contributed by atoms with Crippen molar-refractivity contribution in [2.75, 3.05) is 0 Å². The third kappa shape index (κ3) is 3.19. The Labute approximate surface area is 106 Å². The van der Waals surface area contributed by atoms with Crippen LogP contribution in [0.1, 0.15) is 53.7 Å². The summed E-state index contributed by atoms with van der Waals surface area (Å²) >= 11 is 0. The summed E-state index contributed by atoms with van der Waals surface area (Å²) in [6.07, 6.45) is 4.67. The van der Waals surface area contributed by atoms with Crippen molar-refractivity contribution in [1.82, 2.24) is 0 Å². The standard InChI is InChI=1S/C15H22O/c1-12(9-11-16)7-8-14-13(2)6-5-10-15(14,3)4/h7-9,11H,5-6,10H2,1-4H3/b8-7+,12-9-/i1D3,7D,9D. The molecule has 1 nitrogen and oxygen atoms in total. The zero-order valence-electron chi connectivity index (χ0n) is 15.2. The molecule has 0 fully saturated rings. The van der Waals surface area contributed by atoms with E-state index in [9.17, 15) is 4.79 Å². The lowest BCUT2D eigenvalue weighted by Gasteiger charge is -2.32. The fourth-order valence-corrected chi connectivity index (χ4v) is 2.21. The average molecular weight is 223 g/mol. The number of aldehydes is 1. The molecule has 0 saturated carbocycles. The van der Waals surface area contributed by atoms with Crippen molar-refractivity contribution in [1.29, 1.82) is 0 Å². The van der Waals surface area contributed by atoms with Gasteiger partial charge in [0.05, 0.1) is 2.74 Å². The molecule has 0 spiro atoms. The minimum absolute atomic E-state index is 0.127. The molecule has 0 unspecified atom stereocenters. The summed E-state index contributed by atoms with van der Waals surface area (Å²) in [6.45, 7) is 3.47. The van der Waals surface area contributed by atoms with Gasteiger partial charge in [-0.1, -0.05) is 31.5 Å². The van der Waals surface area contributed by atoms with Crippen LogP contribution in [0.3, 0.4) is 0 Å². The molecule has 0 amide bonds. The maximum Gasteiger partial charge on any atom is 0.143 e. The summed E-state index contributed by atoms with van der Waals surface area (Å²) in [5.41, 5.74) is 1.47. The molecule has 0 radical (unpaired) electrons. The molecule has 0 aliphatic heterocycles. The van der Waals surface area contributed by atoms with Gasteiger partial charge in [0, 0.05) is 4.11 Å². The maximum atomic E-state index is 10.8. The highest BCUT2D eigenvalue weighted by Crippen LogP contribution is 2.40. The van der Waals surface area contributed by atoms with Crippen molar-refractivity contribution >= 4 is 6.29 Å². The van der Waals surface area contributed by atoms with Crippen molar-refractivity contribution in [3.63, 3.8) is 0 Å². The van der Waals surface area contributed by atoms with Crippen LogP contribution in [0.25, 0.3) is 0 Å². The van der Waals surface area contributed by atoms with E-state index in [1.165, 1.54) is 6.08 Å². The van der Waals surface area contributed by atoms with Gasteiger partial charge in [0.25, 0.3) is 0 Å². The van der Waals surface area contributed by atoms with E-state index in [2.05, 4.69) is 13.8 Å². The zero-order valence-corrected chi connectivity index (χ0v) is 10.2. The normalized spacial score (nSPS) is 28.2. The summed E-state index contributed by atoms with van der Waals surface area (Å²) in [4.78, 5) is 10.8. The van der Waals surface area contributed by atoms with Gasteiger partial charge in [-0.25, -0.2) is 0 Å². The maximum absolute atomic E-state index is 10.8. The van der Waals surface area contributed by atoms with Crippen LogP contribution in [-0.2, 0) is 4.79 Å². The molecule has 0 saturated heterocycles. The van der Waals surface area contributed by atoms with Crippen molar-refractivity contribution in [3.8, 4) is 0 Å². The molecule has 0 aromatic heterocycles. The molecule has 0 N–H and O–H groups in total. The van der Waals surface area contributed by atoms with E-state index in [0.29, 0.717) is 0 Å². The molecule has 0 aromatic rings. The molecule has 1 heteroatoms. The lowest BCUT2D eigenvalue weighted by atomic mass is 9.72. The van der Waals surface area contributed by atoms with Gasteiger partial charge in [0.15, 0.2) is 0 Å². The summed E-state index contributed by atoms with van der Waals surface area (Å²) < 4.78 is 37.9. The van der Waals surface area contributed by atoms with Crippen molar-refractivity contribution < 1.29 is 11.6 Å². The minimum atomic E-state index is -2.64. The number of allylic oxidation sites excluding steroid dienone is 6. The highest BCUT2D eigenvalue weighted by Gasteiger charge is 2.26. The number of carbonyl (C=O) groups excluding carboxylic acids is 1. The SMILES string of the molecule is [2H]/C(C=O)=C(/C([2H])=C/C1=C(C)CCCC1(C)C)C([2H])([2H])[2H]. The van der Waals surface area contributed by atoms with Gasteiger partial charge >= 0.3 is 0 Å². The van der Waals surface area contributed by atoms with Crippen molar-refractivity contribution in [2.24, 2.45) is 5.41 Å². The molecule has 1 aliphatic carbocycles. The second kappa shape index (κ2) is 5.29. The monoisotopic (exact) mass is 223 g/mol. The summed E-state index contributed by atoms with van der Waals surface area (Å²) in [5.74, 6) is 0. The Hall–Kier alpha value is -1.11. The summed E-state index contributed by atoms with van der Waals surface area (Å²) in [7, 11) is 0. The highest BCUT2D eigenvalue weighted by molar-refractivity contribution is 5.67. The Bertz CT molecular complexity index is 521. The highest BCUT2D eigenvalue weighted by atomic mass is 16.1. The first-order chi connectivity index (χ1) is 9.50. The van der Waals surface area contributed by atoms with E-state index in [1.54, 1.807) is 0 Å². The van der Waals surface area contributed by atoms with Crippen LogP contribution in [0.4, 0.5) is 0 Å². The van der Waals surface area contributed by atoms with Crippen LogP contribution < -0.4 is 0 Å². The van der Waals surface area contributed by atoms with E-state index in [1.807, 2.05) is 6.92 Å². The topological polar surface area (TPSA) is 17.1 Å². The largest absolute Gasteiger partial charge is 0.299 e. The third-order valence-corrected chi connectivity index (χ3v) is 3.11. The number of carbonyl (C=O) groups is 1. The summed E-state index contributed by atoms with van der Waals surface area (Å²) in [5, 5.41) is 0. The van der Waals surface area contributed by atoms with Crippen LogP contribution in [0, 0.1) is 5.41 Å². The van der Waals surface area contributed by atoms with Gasteiger partial charge in [-0.3, -0.25) is 4.79 Å². The lowest BCUT2D eigenvalue weighted by molar-refractivity contribution is -0.104. The zero-order chi connectivity index (χ0) is 16.4. The molecular formula is C15H22O. The Kier molecular flexibility index (Phi) is 2.40. The predicted molar refractivity (Wildman–Crippen MR) is 69.3 cm³/mol. The first-order valence-electron chi connectivity index (χ1n) is 8.06. The second-order valence-electron chi connectivity index (χ2n) is 4.86. The van der Waals surface area contributed by atoms with Crippen LogP contribution in [0.15, 0.2) is 34.9 Å². The molecular weight excluding hydrogens is 196 g/mol. The number of hydrogen-bond donors (Lipinski definition) is 0. The molecule has 0 aromatic carbocycles. The van der Waals surface area contributed by atoms with Crippen LogP contribution in [0.2, 0.25) is 0 Å². The lowest BCUT2D eigenvalue weighted by Crippen LogP contribution is -2.19. The quantitative estimate of drug-likeness (QED) is 0.398. The van der Waals surface area contributed by atoms with Crippen molar-refractivity contribution in [2.45, 2.75) is 46.9 Å². The van der Waals surface area contributed by atoms with Crippen LogP contribution >= 0.6 is 0 Å².